The number of nitrogens with zero attached hydrogens (tertiary/aromatic N) is 3. The van der Waals surface area contributed by atoms with Crippen molar-refractivity contribution in [2.45, 2.75) is 26.7 Å². The molecule has 0 spiro atoms. The first-order valence-corrected chi connectivity index (χ1v) is 7.58. The molecule has 0 aliphatic rings. The number of anilines is 2. The average molecular weight is 296 g/mol. The highest BCUT2D eigenvalue weighted by molar-refractivity contribution is 5.58. The number of rotatable bonds is 11. The molecule has 0 saturated carbocycles. The van der Waals surface area contributed by atoms with E-state index in [0.717, 1.165) is 56.3 Å². The lowest BCUT2D eigenvalue weighted by Gasteiger charge is -2.26. The molecule has 0 fully saturated rings. The van der Waals surface area contributed by atoms with Gasteiger partial charge in [0.2, 0.25) is 0 Å². The van der Waals surface area contributed by atoms with E-state index in [4.69, 9.17) is 9.47 Å². The summed E-state index contributed by atoms with van der Waals surface area (Å²) in [4.78, 5) is 11.1. The van der Waals surface area contributed by atoms with Gasteiger partial charge in [0.15, 0.2) is 0 Å². The molecule has 0 aliphatic carbocycles. The van der Waals surface area contributed by atoms with E-state index in [2.05, 4.69) is 34.0 Å². The van der Waals surface area contributed by atoms with Crippen LogP contribution in [0, 0.1) is 0 Å². The first-order valence-electron chi connectivity index (χ1n) is 7.58. The molecule has 0 saturated heterocycles. The Kier molecular flexibility index (Phi) is 8.69. The lowest BCUT2D eigenvalue weighted by atomic mass is 10.2. The van der Waals surface area contributed by atoms with Crippen LogP contribution in [-0.2, 0) is 15.9 Å². The van der Waals surface area contributed by atoms with Crippen molar-refractivity contribution in [1.29, 1.82) is 0 Å². The predicted octanol–water partition coefficient (Wildman–Crippen LogP) is 1.96. The van der Waals surface area contributed by atoms with Gasteiger partial charge in [-0.25, -0.2) is 9.97 Å². The maximum absolute atomic E-state index is 5.22. The molecule has 1 rings (SSSR count). The molecule has 21 heavy (non-hydrogen) atoms. The molecule has 1 N–H and O–H groups in total. The van der Waals surface area contributed by atoms with E-state index in [-0.39, 0.29) is 0 Å². The van der Waals surface area contributed by atoms with Gasteiger partial charge in [-0.15, -0.1) is 0 Å². The molecule has 1 aromatic heterocycles. The van der Waals surface area contributed by atoms with Gasteiger partial charge in [-0.3, -0.25) is 0 Å². The van der Waals surface area contributed by atoms with Gasteiger partial charge in [-0.05, 0) is 19.8 Å². The molecular formula is C15H28N4O2. The van der Waals surface area contributed by atoms with E-state index in [1.54, 1.807) is 20.5 Å². The molecule has 0 aromatic carbocycles. The highest BCUT2D eigenvalue weighted by atomic mass is 16.5. The van der Waals surface area contributed by atoms with Crippen LogP contribution in [0.4, 0.5) is 11.6 Å². The second-order valence-corrected chi connectivity index (χ2v) is 4.73. The predicted molar refractivity (Wildman–Crippen MR) is 86.2 cm³/mol. The van der Waals surface area contributed by atoms with Crippen molar-refractivity contribution in [2.75, 3.05) is 57.3 Å². The molecule has 1 heterocycles. The van der Waals surface area contributed by atoms with E-state index >= 15 is 0 Å². The third-order valence-corrected chi connectivity index (χ3v) is 3.26. The number of nitrogens with one attached hydrogen (secondary N) is 1. The zero-order chi connectivity index (χ0) is 15.5. The maximum Gasteiger partial charge on any atom is 0.137 e. The third-order valence-electron chi connectivity index (χ3n) is 3.26. The van der Waals surface area contributed by atoms with E-state index in [1.807, 2.05) is 0 Å². The second-order valence-electron chi connectivity index (χ2n) is 4.73. The van der Waals surface area contributed by atoms with Gasteiger partial charge in [0.25, 0.3) is 0 Å². The standard InChI is InChI=1S/C15H28N4O2/c1-5-13-14(16-6-2)17-12-18-15(13)19(9-11-21-4)8-7-10-20-3/h12H,5-11H2,1-4H3,(H,16,17,18). The Morgan fingerprint density at radius 2 is 1.86 bits per heavy atom. The molecule has 0 radical (unpaired) electrons. The number of hydrogen-bond acceptors (Lipinski definition) is 6. The number of ether oxygens (including phenoxy) is 2. The third kappa shape index (κ3) is 5.47. The van der Waals surface area contributed by atoms with Crippen molar-refractivity contribution < 1.29 is 9.47 Å². The van der Waals surface area contributed by atoms with Gasteiger partial charge in [0.05, 0.1) is 6.61 Å². The van der Waals surface area contributed by atoms with Crippen LogP contribution < -0.4 is 10.2 Å². The van der Waals surface area contributed by atoms with Gasteiger partial charge in [-0.2, -0.15) is 0 Å². The number of hydrogen-bond donors (Lipinski definition) is 1. The minimum Gasteiger partial charge on any atom is -0.385 e. The minimum absolute atomic E-state index is 0.677. The van der Waals surface area contributed by atoms with Crippen molar-refractivity contribution in [3.63, 3.8) is 0 Å². The summed E-state index contributed by atoms with van der Waals surface area (Å²) in [6, 6.07) is 0. The van der Waals surface area contributed by atoms with E-state index in [0.29, 0.717) is 6.61 Å². The topological polar surface area (TPSA) is 59.5 Å². The van der Waals surface area contributed by atoms with E-state index in [9.17, 15) is 0 Å². The zero-order valence-corrected chi connectivity index (χ0v) is 13.7. The van der Waals surface area contributed by atoms with Gasteiger partial charge in [0.1, 0.15) is 18.0 Å². The van der Waals surface area contributed by atoms with Crippen molar-refractivity contribution in [2.24, 2.45) is 0 Å². The summed E-state index contributed by atoms with van der Waals surface area (Å²) >= 11 is 0. The highest BCUT2D eigenvalue weighted by Crippen LogP contribution is 2.24. The van der Waals surface area contributed by atoms with Crippen molar-refractivity contribution in [3.8, 4) is 0 Å². The summed E-state index contributed by atoms with van der Waals surface area (Å²) in [5.74, 6) is 1.93. The summed E-state index contributed by atoms with van der Waals surface area (Å²) in [5.41, 5.74) is 1.16. The Hall–Kier alpha value is -1.40. The SMILES string of the molecule is CCNc1ncnc(N(CCCOC)CCOC)c1CC. The first-order chi connectivity index (χ1) is 10.3. The quantitative estimate of drug-likeness (QED) is 0.630. The smallest absolute Gasteiger partial charge is 0.137 e. The summed E-state index contributed by atoms with van der Waals surface area (Å²) in [6.45, 7) is 8.19. The second kappa shape index (κ2) is 10.3. The fourth-order valence-corrected chi connectivity index (χ4v) is 2.25. The molecule has 0 bridgehead atoms. The number of aromatic nitrogens is 2. The summed E-state index contributed by atoms with van der Waals surface area (Å²) in [7, 11) is 3.45. The fourth-order valence-electron chi connectivity index (χ4n) is 2.25. The van der Waals surface area contributed by atoms with Crippen LogP contribution in [0.5, 0.6) is 0 Å². The largest absolute Gasteiger partial charge is 0.385 e. The molecule has 1 aromatic rings. The average Bonchev–Trinajstić information content (AvgIpc) is 2.51. The lowest BCUT2D eigenvalue weighted by molar-refractivity contribution is 0.191. The molecular weight excluding hydrogens is 268 g/mol. The normalized spacial score (nSPS) is 10.7. The van der Waals surface area contributed by atoms with Crippen LogP contribution in [-0.4, -0.2) is 57.0 Å². The Morgan fingerprint density at radius 3 is 2.48 bits per heavy atom. The Balaban J connectivity index is 2.95. The van der Waals surface area contributed by atoms with E-state index in [1.165, 1.54) is 0 Å². The molecule has 0 aliphatic heterocycles. The Labute approximate surface area is 127 Å². The van der Waals surface area contributed by atoms with Crippen LogP contribution in [0.2, 0.25) is 0 Å². The van der Waals surface area contributed by atoms with Crippen LogP contribution in [0.15, 0.2) is 6.33 Å². The summed E-state index contributed by atoms with van der Waals surface area (Å²) < 4.78 is 10.4. The highest BCUT2D eigenvalue weighted by Gasteiger charge is 2.15. The summed E-state index contributed by atoms with van der Waals surface area (Å²) in [6.07, 6.45) is 3.48. The van der Waals surface area contributed by atoms with Crippen LogP contribution in [0.1, 0.15) is 25.8 Å². The summed E-state index contributed by atoms with van der Waals surface area (Å²) in [5, 5.41) is 3.31. The lowest BCUT2D eigenvalue weighted by Crippen LogP contribution is -2.31. The Morgan fingerprint density at radius 1 is 1.10 bits per heavy atom. The van der Waals surface area contributed by atoms with Crippen molar-refractivity contribution in [1.82, 2.24) is 9.97 Å². The Bertz CT molecular complexity index is 401. The van der Waals surface area contributed by atoms with Crippen LogP contribution >= 0.6 is 0 Å². The maximum atomic E-state index is 5.22. The van der Waals surface area contributed by atoms with Crippen LogP contribution in [0.3, 0.4) is 0 Å². The molecule has 6 heteroatoms. The number of methoxy groups -OCH3 is 2. The van der Waals surface area contributed by atoms with Gasteiger partial charge < -0.3 is 19.7 Å². The molecule has 0 atom stereocenters. The van der Waals surface area contributed by atoms with Gasteiger partial charge in [0, 0.05) is 46.0 Å². The fraction of sp³-hybridized carbons (Fsp3) is 0.733. The zero-order valence-electron chi connectivity index (χ0n) is 13.7. The van der Waals surface area contributed by atoms with Crippen LogP contribution in [0.25, 0.3) is 0 Å². The van der Waals surface area contributed by atoms with E-state index < -0.39 is 0 Å². The van der Waals surface area contributed by atoms with Gasteiger partial charge in [-0.1, -0.05) is 6.92 Å². The van der Waals surface area contributed by atoms with Crippen molar-refractivity contribution in [3.05, 3.63) is 11.9 Å². The molecule has 0 unspecified atom stereocenters. The monoisotopic (exact) mass is 296 g/mol. The molecule has 120 valence electrons. The minimum atomic E-state index is 0.677. The molecule has 6 nitrogen and oxygen atoms in total. The molecule has 0 amide bonds. The van der Waals surface area contributed by atoms with Crippen molar-refractivity contribution >= 4 is 11.6 Å². The van der Waals surface area contributed by atoms with Gasteiger partial charge >= 0.3 is 0 Å². The first kappa shape index (κ1) is 17.7.